The number of nitrogens with zero attached hydrogens (tertiary/aromatic N) is 1. The molecule has 0 radical (unpaired) electrons. The van der Waals surface area contributed by atoms with Crippen LogP contribution >= 0.6 is 11.8 Å². The van der Waals surface area contributed by atoms with Crippen molar-refractivity contribution in [2.75, 3.05) is 18.6 Å². The molecule has 2 aliphatic rings. The van der Waals surface area contributed by atoms with Gasteiger partial charge in [-0.1, -0.05) is 5.16 Å². The maximum Gasteiger partial charge on any atom is 0.354 e. The molecule has 13 heavy (non-hydrogen) atoms. The number of ether oxygens (including phenoxy) is 1. The molecule has 0 aromatic rings. The minimum absolute atomic E-state index is 0.102. The van der Waals surface area contributed by atoms with Crippen molar-refractivity contribution in [3.05, 3.63) is 0 Å². The Morgan fingerprint density at radius 2 is 2.62 bits per heavy atom. The molecule has 0 saturated carbocycles. The predicted octanol–water partition coefficient (Wildman–Crippen LogP) is 0.667. The summed E-state index contributed by atoms with van der Waals surface area (Å²) < 4.78 is 4.74. The molecule has 2 unspecified atom stereocenters. The van der Waals surface area contributed by atoms with E-state index in [1.807, 2.05) is 6.92 Å². The van der Waals surface area contributed by atoms with Crippen LogP contribution in [-0.2, 0) is 14.4 Å². The van der Waals surface area contributed by atoms with Gasteiger partial charge in [-0.05, 0) is 6.92 Å². The zero-order valence-electron chi connectivity index (χ0n) is 7.57. The second-order valence-corrected chi connectivity index (χ2v) is 4.30. The van der Waals surface area contributed by atoms with Crippen LogP contribution in [0.3, 0.4) is 0 Å². The second kappa shape index (κ2) is 2.90. The van der Waals surface area contributed by atoms with Gasteiger partial charge in [-0.3, -0.25) is 0 Å². The summed E-state index contributed by atoms with van der Waals surface area (Å²) in [6, 6.07) is 0. The van der Waals surface area contributed by atoms with Gasteiger partial charge in [-0.15, -0.1) is 0 Å². The molecular formula is C8H11NO3S. The lowest BCUT2D eigenvalue weighted by atomic mass is 9.88. The van der Waals surface area contributed by atoms with Crippen LogP contribution in [-0.4, -0.2) is 35.9 Å². The molecule has 0 aliphatic carbocycles. The lowest BCUT2D eigenvalue weighted by Crippen LogP contribution is -2.46. The zero-order chi connectivity index (χ0) is 9.47. The standard InChI is InChI=1S/C8H11NO3S/c1-5-6-3-13-4-8(6,12-9-5)7(10)11-2/h6H,3-4H2,1-2H3. The number of methoxy groups -OCH3 is 1. The van der Waals surface area contributed by atoms with Gasteiger partial charge >= 0.3 is 5.97 Å². The maximum absolute atomic E-state index is 11.5. The maximum atomic E-state index is 11.5. The Kier molecular flexibility index (Phi) is 1.98. The van der Waals surface area contributed by atoms with Gasteiger partial charge in [0, 0.05) is 11.5 Å². The average molecular weight is 201 g/mol. The number of carbonyl (C=O) groups excluding carboxylic acids is 1. The van der Waals surface area contributed by atoms with Crippen LogP contribution in [0.4, 0.5) is 0 Å². The van der Waals surface area contributed by atoms with E-state index in [0.717, 1.165) is 11.5 Å². The van der Waals surface area contributed by atoms with Gasteiger partial charge in [-0.2, -0.15) is 11.8 Å². The van der Waals surface area contributed by atoms with E-state index in [1.54, 1.807) is 11.8 Å². The largest absolute Gasteiger partial charge is 0.466 e. The summed E-state index contributed by atoms with van der Waals surface area (Å²) >= 11 is 1.71. The van der Waals surface area contributed by atoms with Crippen molar-refractivity contribution in [2.24, 2.45) is 11.1 Å². The van der Waals surface area contributed by atoms with E-state index in [2.05, 4.69) is 5.16 Å². The molecule has 0 bridgehead atoms. The lowest BCUT2D eigenvalue weighted by Gasteiger charge is -2.22. The molecule has 4 nitrogen and oxygen atoms in total. The van der Waals surface area contributed by atoms with Crippen molar-refractivity contribution < 1.29 is 14.4 Å². The Bertz CT molecular complexity index is 279. The summed E-state index contributed by atoms with van der Waals surface area (Å²) in [5.41, 5.74) is 0.0825. The first-order valence-corrected chi connectivity index (χ1v) is 5.25. The van der Waals surface area contributed by atoms with Crippen molar-refractivity contribution in [3.63, 3.8) is 0 Å². The van der Waals surface area contributed by atoms with Gasteiger partial charge in [-0.25, -0.2) is 4.79 Å². The summed E-state index contributed by atoms with van der Waals surface area (Å²) in [5, 5.41) is 3.86. The average Bonchev–Trinajstić information content (AvgIpc) is 2.67. The molecule has 2 heterocycles. The first-order valence-electron chi connectivity index (χ1n) is 4.09. The Labute approximate surface area is 80.6 Å². The third-order valence-corrected chi connectivity index (χ3v) is 3.75. The number of thioether (sulfide) groups is 1. The number of esters is 1. The minimum atomic E-state index is -0.816. The van der Waals surface area contributed by atoms with Gasteiger partial charge in [0.15, 0.2) is 0 Å². The van der Waals surface area contributed by atoms with Crippen LogP contribution in [0.2, 0.25) is 0 Å². The number of carbonyl (C=O) groups is 1. The molecule has 0 N–H and O–H groups in total. The van der Waals surface area contributed by atoms with E-state index >= 15 is 0 Å². The number of fused-ring (bicyclic) bond motifs is 1. The highest BCUT2D eigenvalue weighted by atomic mass is 32.2. The second-order valence-electron chi connectivity index (χ2n) is 3.27. The SMILES string of the molecule is COC(=O)C12CSCC1C(C)=NO2. The Morgan fingerprint density at radius 1 is 1.85 bits per heavy atom. The van der Waals surface area contributed by atoms with E-state index < -0.39 is 5.60 Å². The predicted molar refractivity (Wildman–Crippen MR) is 49.8 cm³/mol. The van der Waals surface area contributed by atoms with Crippen LogP contribution in [0.1, 0.15) is 6.92 Å². The van der Waals surface area contributed by atoms with Crippen molar-refractivity contribution in [1.82, 2.24) is 0 Å². The van der Waals surface area contributed by atoms with Crippen molar-refractivity contribution >= 4 is 23.4 Å². The molecule has 1 saturated heterocycles. The van der Waals surface area contributed by atoms with Crippen molar-refractivity contribution in [2.45, 2.75) is 12.5 Å². The van der Waals surface area contributed by atoms with Crippen molar-refractivity contribution in [1.29, 1.82) is 0 Å². The smallest absolute Gasteiger partial charge is 0.354 e. The summed E-state index contributed by atoms with van der Waals surface area (Å²) in [4.78, 5) is 16.8. The first kappa shape index (κ1) is 8.87. The molecule has 72 valence electrons. The molecule has 2 rings (SSSR count). The molecule has 0 aromatic heterocycles. The third-order valence-electron chi connectivity index (χ3n) is 2.55. The highest BCUT2D eigenvalue weighted by Gasteiger charge is 2.58. The third kappa shape index (κ3) is 1.06. The fourth-order valence-corrected chi connectivity index (χ4v) is 3.28. The number of oxime groups is 1. The van der Waals surface area contributed by atoms with E-state index in [1.165, 1.54) is 7.11 Å². The molecule has 1 fully saturated rings. The number of hydrogen-bond donors (Lipinski definition) is 0. The van der Waals surface area contributed by atoms with E-state index in [-0.39, 0.29) is 11.9 Å². The quantitative estimate of drug-likeness (QED) is 0.585. The monoisotopic (exact) mass is 201 g/mol. The fraction of sp³-hybridized carbons (Fsp3) is 0.750. The number of rotatable bonds is 1. The van der Waals surface area contributed by atoms with Gasteiger partial charge < -0.3 is 9.57 Å². The van der Waals surface area contributed by atoms with Gasteiger partial charge in [0.25, 0.3) is 5.60 Å². The van der Waals surface area contributed by atoms with Crippen LogP contribution < -0.4 is 0 Å². The highest BCUT2D eigenvalue weighted by Crippen LogP contribution is 2.42. The molecular weight excluding hydrogens is 190 g/mol. The topological polar surface area (TPSA) is 47.9 Å². The van der Waals surface area contributed by atoms with Crippen LogP contribution in [0.5, 0.6) is 0 Å². The normalized spacial score (nSPS) is 36.5. The van der Waals surface area contributed by atoms with Crippen LogP contribution in [0.25, 0.3) is 0 Å². The highest BCUT2D eigenvalue weighted by molar-refractivity contribution is 7.99. The minimum Gasteiger partial charge on any atom is -0.466 e. The molecule has 2 atom stereocenters. The molecule has 5 heteroatoms. The Hall–Kier alpha value is -0.710. The van der Waals surface area contributed by atoms with Gasteiger partial charge in [0.05, 0.1) is 18.7 Å². The molecule has 0 amide bonds. The molecule has 0 aromatic carbocycles. The summed E-state index contributed by atoms with van der Waals surface area (Å²) in [6.07, 6.45) is 0. The summed E-state index contributed by atoms with van der Waals surface area (Å²) in [6.45, 7) is 1.89. The van der Waals surface area contributed by atoms with Crippen LogP contribution in [0.15, 0.2) is 5.16 Å². The summed E-state index contributed by atoms with van der Waals surface area (Å²) in [7, 11) is 1.38. The lowest BCUT2D eigenvalue weighted by molar-refractivity contribution is -0.165. The first-order chi connectivity index (χ1) is 6.20. The fourth-order valence-electron chi connectivity index (χ4n) is 1.74. The Morgan fingerprint density at radius 3 is 3.31 bits per heavy atom. The molecule has 0 spiro atoms. The number of hydrogen-bond acceptors (Lipinski definition) is 5. The van der Waals surface area contributed by atoms with E-state index in [9.17, 15) is 4.79 Å². The van der Waals surface area contributed by atoms with Gasteiger partial charge in [0.1, 0.15) is 0 Å². The van der Waals surface area contributed by atoms with E-state index in [4.69, 9.17) is 9.57 Å². The Balaban J connectivity index is 2.28. The van der Waals surface area contributed by atoms with Gasteiger partial charge in [0.2, 0.25) is 0 Å². The van der Waals surface area contributed by atoms with Crippen molar-refractivity contribution in [3.8, 4) is 0 Å². The van der Waals surface area contributed by atoms with E-state index in [0.29, 0.717) is 5.75 Å². The summed E-state index contributed by atoms with van der Waals surface area (Å²) in [5.74, 6) is 1.34. The van der Waals surface area contributed by atoms with Crippen LogP contribution in [0, 0.1) is 5.92 Å². The zero-order valence-corrected chi connectivity index (χ0v) is 8.39. The molecule has 2 aliphatic heterocycles.